The van der Waals surface area contributed by atoms with Gasteiger partial charge in [0.15, 0.2) is 0 Å². The van der Waals surface area contributed by atoms with Gasteiger partial charge in [-0.2, -0.15) is 5.10 Å². The summed E-state index contributed by atoms with van der Waals surface area (Å²) in [7, 11) is 0. The zero-order chi connectivity index (χ0) is 11.3. The van der Waals surface area contributed by atoms with Gasteiger partial charge in [-0.1, -0.05) is 13.8 Å². The van der Waals surface area contributed by atoms with Crippen molar-refractivity contribution in [2.45, 2.75) is 20.4 Å². The second kappa shape index (κ2) is 5.50. The van der Waals surface area contributed by atoms with E-state index >= 15 is 0 Å². The van der Waals surface area contributed by atoms with Crippen LogP contribution in [0.15, 0.2) is 17.1 Å². The molecule has 0 unspecified atom stereocenters. The molecule has 5 heteroatoms. The Hall–Kier alpha value is -1.36. The summed E-state index contributed by atoms with van der Waals surface area (Å²) in [6, 6.07) is 1.49. The van der Waals surface area contributed by atoms with Crippen LogP contribution < -0.4 is 10.9 Å². The third-order valence-corrected chi connectivity index (χ3v) is 1.90. The van der Waals surface area contributed by atoms with Crippen LogP contribution in [0.5, 0.6) is 0 Å². The van der Waals surface area contributed by atoms with Crippen LogP contribution in [0.3, 0.4) is 0 Å². The zero-order valence-electron chi connectivity index (χ0n) is 9.10. The quantitative estimate of drug-likeness (QED) is 0.735. The molecule has 1 heterocycles. The van der Waals surface area contributed by atoms with E-state index in [0.717, 1.165) is 12.2 Å². The van der Waals surface area contributed by atoms with Gasteiger partial charge in [0.1, 0.15) is 0 Å². The maximum Gasteiger partial charge on any atom is 0.268 e. The predicted molar refractivity (Wildman–Crippen MR) is 58.9 cm³/mol. The summed E-state index contributed by atoms with van der Waals surface area (Å²) in [6.45, 7) is 5.15. The summed E-state index contributed by atoms with van der Waals surface area (Å²) in [4.78, 5) is 11.4. The molecule has 84 valence electrons. The first-order valence-electron chi connectivity index (χ1n) is 5.05. The average Bonchev–Trinajstić information content (AvgIpc) is 2.19. The van der Waals surface area contributed by atoms with Crippen LogP contribution in [0.1, 0.15) is 13.8 Å². The molecule has 0 aliphatic rings. The van der Waals surface area contributed by atoms with Crippen LogP contribution in [-0.4, -0.2) is 28.0 Å². The van der Waals surface area contributed by atoms with Crippen molar-refractivity contribution in [3.8, 4) is 0 Å². The Morgan fingerprint density at radius 1 is 1.60 bits per heavy atom. The normalized spacial score (nSPS) is 10.7. The van der Waals surface area contributed by atoms with Crippen molar-refractivity contribution in [1.82, 2.24) is 9.78 Å². The molecule has 0 spiro atoms. The number of rotatable bonds is 5. The van der Waals surface area contributed by atoms with Crippen LogP contribution in [0.4, 0.5) is 5.69 Å². The first-order valence-corrected chi connectivity index (χ1v) is 5.05. The highest BCUT2D eigenvalue weighted by Gasteiger charge is 1.99. The Morgan fingerprint density at radius 2 is 2.33 bits per heavy atom. The molecule has 0 atom stereocenters. The van der Waals surface area contributed by atoms with E-state index < -0.39 is 0 Å². The fourth-order valence-electron chi connectivity index (χ4n) is 1.11. The minimum Gasteiger partial charge on any atom is -0.394 e. The Labute approximate surface area is 88.7 Å². The van der Waals surface area contributed by atoms with Crippen LogP contribution in [0.25, 0.3) is 0 Å². The van der Waals surface area contributed by atoms with E-state index in [1.165, 1.54) is 10.7 Å². The molecule has 5 nitrogen and oxygen atoms in total. The molecule has 15 heavy (non-hydrogen) atoms. The van der Waals surface area contributed by atoms with Crippen LogP contribution in [0.2, 0.25) is 0 Å². The molecule has 1 rings (SSSR count). The Bertz CT molecular complexity index is 360. The molecule has 0 fully saturated rings. The van der Waals surface area contributed by atoms with Crippen LogP contribution in [-0.2, 0) is 6.54 Å². The fraction of sp³-hybridized carbons (Fsp3) is 0.600. The molecular formula is C10H17N3O2. The lowest BCUT2D eigenvalue weighted by atomic mass is 10.2. The highest BCUT2D eigenvalue weighted by atomic mass is 16.3. The summed E-state index contributed by atoms with van der Waals surface area (Å²) < 4.78 is 1.24. The van der Waals surface area contributed by atoms with E-state index in [1.54, 1.807) is 6.20 Å². The maximum atomic E-state index is 11.4. The Kier molecular flexibility index (Phi) is 4.30. The van der Waals surface area contributed by atoms with Gasteiger partial charge in [-0.25, -0.2) is 4.68 Å². The zero-order valence-corrected chi connectivity index (χ0v) is 9.10. The molecular weight excluding hydrogens is 194 g/mol. The predicted octanol–water partition coefficient (Wildman–Crippen LogP) is 0.303. The van der Waals surface area contributed by atoms with E-state index in [9.17, 15) is 4.79 Å². The molecule has 0 saturated heterocycles. The molecule has 0 amide bonds. The van der Waals surface area contributed by atoms with Crippen molar-refractivity contribution in [3.63, 3.8) is 0 Å². The van der Waals surface area contributed by atoms with Gasteiger partial charge in [0.05, 0.1) is 25.0 Å². The highest BCUT2D eigenvalue weighted by molar-refractivity contribution is 5.38. The SMILES string of the molecule is CC(C)CNc1cnn(CCO)c(=O)c1. The Balaban J connectivity index is 2.69. The molecule has 1 aromatic rings. The van der Waals surface area contributed by atoms with Crippen molar-refractivity contribution < 1.29 is 5.11 Å². The number of hydrogen-bond donors (Lipinski definition) is 2. The van der Waals surface area contributed by atoms with Crippen molar-refractivity contribution in [2.24, 2.45) is 5.92 Å². The van der Waals surface area contributed by atoms with Crippen LogP contribution in [0, 0.1) is 5.92 Å². The molecule has 0 radical (unpaired) electrons. The average molecular weight is 211 g/mol. The number of aliphatic hydroxyl groups is 1. The number of hydrogen-bond acceptors (Lipinski definition) is 4. The van der Waals surface area contributed by atoms with Gasteiger partial charge in [-0.05, 0) is 5.92 Å². The summed E-state index contributed by atoms with van der Waals surface area (Å²) >= 11 is 0. The number of anilines is 1. The maximum absolute atomic E-state index is 11.4. The number of aromatic nitrogens is 2. The van der Waals surface area contributed by atoms with E-state index in [2.05, 4.69) is 24.3 Å². The van der Waals surface area contributed by atoms with Gasteiger partial charge in [0, 0.05) is 12.6 Å². The first kappa shape index (κ1) is 11.7. The molecule has 2 N–H and O–H groups in total. The van der Waals surface area contributed by atoms with Gasteiger partial charge >= 0.3 is 0 Å². The third-order valence-electron chi connectivity index (χ3n) is 1.90. The molecule has 0 aliphatic carbocycles. The number of aliphatic hydroxyl groups excluding tert-OH is 1. The van der Waals surface area contributed by atoms with E-state index in [4.69, 9.17) is 5.11 Å². The van der Waals surface area contributed by atoms with Gasteiger partial charge in [0.25, 0.3) is 5.56 Å². The van der Waals surface area contributed by atoms with Crippen molar-refractivity contribution in [2.75, 3.05) is 18.5 Å². The van der Waals surface area contributed by atoms with E-state index in [1.807, 2.05) is 0 Å². The van der Waals surface area contributed by atoms with Crippen molar-refractivity contribution in [1.29, 1.82) is 0 Å². The first-order chi connectivity index (χ1) is 7.13. The fourth-order valence-corrected chi connectivity index (χ4v) is 1.11. The third kappa shape index (κ3) is 3.71. The Morgan fingerprint density at radius 3 is 2.87 bits per heavy atom. The summed E-state index contributed by atoms with van der Waals surface area (Å²) in [5, 5.41) is 15.7. The summed E-state index contributed by atoms with van der Waals surface area (Å²) in [5.74, 6) is 0.518. The largest absolute Gasteiger partial charge is 0.394 e. The molecule has 1 aromatic heterocycles. The van der Waals surface area contributed by atoms with Gasteiger partial charge in [0.2, 0.25) is 0 Å². The molecule has 0 bridgehead atoms. The second-order valence-electron chi connectivity index (χ2n) is 3.80. The topological polar surface area (TPSA) is 67.2 Å². The summed E-state index contributed by atoms with van der Waals surface area (Å²) in [6.07, 6.45) is 1.60. The van der Waals surface area contributed by atoms with Gasteiger partial charge < -0.3 is 10.4 Å². The highest BCUT2D eigenvalue weighted by Crippen LogP contribution is 2.01. The lowest BCUT2D eigenvalue weighted by Crippen LogP contribution is -2.24. The minimum absolute atomic E-state index is 0.0777. The number of nitrogens with zero attached hydrogens (tertiary/aromatic N) is 2. The molecule has 0 aliphatic heterocycles. The second-order valence-corrected chi connectivity index (χ2v) is 3.80. The molecule has 0 saturated carbocycles. The minimum atomic E-state index is -0.196. The van der Waals surface area contributed by atoms with Gasteiger partial charge in [-0.15, -0.1) is 0 Å². The smallest absolute Gasteiger partial charge is 0.268 e. The summed E-state index contributed by atoms with van der Waals surface area (Å²) in [5.41, 5.74) is 0.528. The van der Waals surface area contributed by atoms with Crippen LogP contribution >= 0.6 is 0 Å². The van der Waals surface area contributed by atoms with E-state index in [-0.39, 0.29) is 18.7 Å². The van der Waals surface area contributed by atoms with E-state index in [0.29, 0.717) is 5.92 Å². The molecule has 0 aromatic carbocycles. The lowest BCUT2D eigenvalue weighted by molar-refractivity contribution is 0.266. The van der Waals surface area contributed by atoms with Crippen molar-refractivity contribution >= 4 is 5.69 Å². The van der Waals surface area contributed by atoms with Gasteiger partial charge in [-0.3, -0.25) is 4.79 Å². The lowest BCUT2D eigenvalue weighted by Gasteiger charge is -2.09. The standard InChI is InChI=1S/C10H17N3O2/c1-8(2)6-11-9-5-10(15)13(3-4-14)12-7-9/h5,7-8,11,14H,3-4,6H2,1-2H3. The monoisotopic (exact) mass is 211 g/mol. The number of nitrogens with one attached hydrogen (secondary N) is 1. The van der Waals surface area contributed by atoms with Crippen molar-refractivity contribution in [3.05, 3.63) is 22.6 Å².